The molecule has 4 N–H and O–H groups in total. The van der Waals surface area contributed by atoms with Crippen LogP contribution in [0.1, 0.15) is 15.9 Å². The molecule has 1 aromatic carbocycles. The summed E-state index contributed by atoms with van der Waals surface area (Å²) in [6.07, 6.45) is 0. The van der Waals surface area contributed by atoms with Gasteiger partial charge in [-0.2, -0.15) is 0 Å². The highest BCUT2D eigenvalue weighted by molar-refractivity contribution is 5.92. The first-order valence-corrected chi connectivity index (χ1v) is 7.02. The van der Waals surface area contributed by atoms with Crippen molar-refractivity contribution in [3.63, 3.8) is 0 Å². The Balaban J connectivity index is 0.000000422. The van der Waals surface area contributed by atoms with Crippen molar-refractivity contribution in [1.29, 1.82) is 0 Å². The zero-order valence-electron chi connectivity index (χ0n) is 11.4. The van der Waals surface area contributed by atoms with Crippen molar-refractivity contribution in [2.24, 2.45) is 5.73 Å². The van der Waals surface area contributed by atoms with Gasteiger partial charge in [0.1, 0.15) is 5.76 Å². The number of hydrogen-bond acceptors (Lipinski definition) is 6. The van der Waals surface area contributed by atoms with Crippen molar-refractivity contribution in [1.82, 2.24) is 0 Å². The SMILES string of the molecule is Cc1ccc(-c2ccc(C(N)=O)c(=[NH2+])o2)cc1.[O-][Cl+3]([O-])([O-])[O-]. The quantitative estimate of drug-likeness (QED) is 0.559. The van der Waals surface area contributed by atoms with Crippen LogP contribution in [0.4, 0.5) is 0 Å². The normalized spacial score (nSPS) is 10.6. The Bertz CT molecular complexity index is 700. The maximum absolute atomic E-state index is 11.0. The Labute approximate surface area is 127 Å². The Morgan fingerprint density at radius 2 is 1.59 bits per heavy atom. The molecular weight excluding hydrogens is 316 g/mol. The van der Waals surface area contributed by atoms with Gasteiger partial charge in [0.2, 0.25) is 0 Å². The van der Waals surface area contributed by atoms with Gasteiger partial charge in [-0.05, 0) is 19.1 Å². The van der Waals surface area contributed by atoms with Gasteiger partial charge in [-0.3, -0.25) is 4.79 Å². The Kier molecular flexibility index (Phi) is 5.80. The third kappa shape index (κ3) is 6.04. The minimum Gasteiger partial charge on any atom is -0.404 e. The zero-order chi connectivity index (χ0) is 16.9. The summed E-state index contributed by atoms with van der Waals surface area (Å²) in [6.45, 7) is 2.01. The molecule has 0 aliphatic heterocycles. The third-order valence-electron chi connectivity index (χ3n) is 2.49. The average Bonchev–Trinajstić information content (AvgIpc) is 2.37. The zero-order valence-corrected chi connectivity index (χ0v) is 12.2. The van der Waals surface area contributed by atoms with Gasteiger partial charge in [-0.15, -0.1) is 10.2 Å². The van der Waals surface area contributed by atoms with Gasteiger partial charge in [0.15, 0.2) is 5.56 Å². The van der Waals surface area contributed by atoms with Gasteiger partial charge < -0.3 is 10.2 Å². The summed E-state index contributed by atoms with van der Waals surface area (Å²) in [5.74, 6) is 0.00852. The summed E-state index contributed by atoms with van der Waals surface area (Å²) >= 11 is 0. The van der Waals surface area contributed by atoms with E-state index < -0.39 is 16.2 Å². The molecule has 1 amide bonds. The fraction of sp³-hybridized carbons (Fsp3) is 0.0769. The molecule has 0 atom stereocenters. The lowest BCUT2D eigenvalue weighted by molar-refractivity contribution is -2.00. The Morgan fingerprint density at radius 3 is 2.00 bits per heavy atom. The standard InChI is InChI=1S/C13H12N2O2.ClHO4/c1-8-2-4-9(5-3-8)11-7-6-10(12(14)16)13(15)17-11;2-1(3,4)5/h2-7,15H,1H3,(H2,14,16);(H,2,3,4,5). The summed E-state index contributed by atoms with van der Waals surface area (Å²) in [5, 5.41) is 5.62. The highest BCUT2D eigenvalue weighted by Gasteiger charge is 2.10. The van der Waals surface area contributed by atoms with Crippen LogP contribution in [0.5, 0.6) is 0 Å². The van der Waals surface area contributed by atoms with Crippen molar-refractivity contribution in [3.8, 4) is 11.3 Å². The van der Waals surface area contributed by atoms with E-state index in [1.165, 1.54) is 0 Å². The Morgan fingerprint density at radius 1 is 1.09 bits per heavy atom. The number of aryl methyl sites for hydroxylation is 1. The van der Waals surface area contributed by atoms with Crippen LogP contribution >= 0.6 is 0 Å². The third-order valence-corrected chi connectivity index (χ3v) is 2.49. The molecule has 1 aromatic heterocycles. The molecule has 0 bridgehead atoms. The number of carbonyl (C=O) groups is 1. The number of primary amides is 1. The highest BCUT2D eigenvalue weighted by atomic mass is 35.7. The van der Waals surface area contributed by atoms with Gasteiger partial charge in [0, 0.05) is 5.56 Å². The first-order valence-electron chi connectivity index (χ1n) is 5.79. The van der Waals surface area contributed by atoms with Crippen molar-refractivity contribution < 1.29 is 43.5 Å². The molecular formula is C13H13ClN2O6. The second-order valence-electron chi connectivity index (χ2n) is 4.19. The molecule has 0 aliphatic carbocycles. The molecule has 2 aromatic rings. The predicted molar refractivity (Wildman–Crippen MR) is 62.5 cm³/mol. The lowest BCUT2D eigenvalue weighted by atomic mass is 10.1. The summed E-state index contributed by atoms with van der Waals surface area (Å²) in [5.41, 5.74) is 7.44. The first-order chi connectivity index (χ1) is 10.1. The number of carbonyl (C=O) groups excluding carboxylic acids is 1. The van der Waals surface area contributed by atoms with E-state index in [9.17, 15) is 4.79 Å². The largest absolute Gasteiger partial charge is 0.404 e. The van der Waals surface area contributed by atoms with E-state index in [-0.39, 0.29) is 11.1 Å². The molecule has 0 aliphatic rings. The van der Waals surface area contributed by atoms with E-state index >= 15 is 0 Å². The second kappa shape index (κ2) is 7.16. The maximum Gasteiger partial charge on any atom is 0.377 e. The number of benzene rings is 1. The van der Waals surface area contributed by atoms with Crippen molar-refractivity contribution in [2.75, 3.05) is 0 Å². The van der Waals surface area contributed by atoms with Crippen LogP contribution < -0.4 is 35.3 Å². The minimum absolute atomic E-state index is 0.0376. The molecule has 118 valence electrons. The summed E-state index contributed by atoms with van der Waals surface area (Å²) < 4.78 is 39.3. The highest BCUT2D eigenvalue weighted by Crippen LogP contribution is 2.18. The molecule has 0 fully saturated rings. The van der Waals surface area contributed by atoms with Crippen molar-refractivity contribution >= 4 is 5.91 Å². The molecule has 1 heterocycles. The maximum atomic E-state index is 11.0. The molecule has 9 heteroatoms. The van der Waals surface area contributed by atoms with Crippen LogP contribution in [0.3, 0.4) is 0 Å². The molecule has 0 spiro atoms. The van der Waals surface area contributed by atoms with Crippen molar-refractivity contribution in [3.05, 3.63) is 53.1 Å². The number of rotatable bonds is 2. The van der Waals surface area contributed by atoms with E-state index in [1.807, 2.05) is 31.2 Å². The molecule has 0 radical (unpaired) electrons. The average molecular weight is 329 g/mol. The summed E-state index contributed by atoms with van der Waals surface area (Å²) in [4.78, 5) is 11.0. The summed E-state index contributed by atoms with van der Waals surface area (Å²) in [7, 11) is -4.94. The fourth-order valence-electron chi connectivity index (χ4n) is 1.53. The van der Waals surface area contributed by atoms with Crippen molar-refractivity contribution in [2.45, 2.75) is 6.92 Å². The van der Waals surface area contributed by atoms with Crippen LogP contribution in [-0.2, 0) is 0 Å². The lowest BCUT2D eigenvalue weighted by Gasteiger charge is -2.17. The van der Waals surface area contributed by atoms with E-state index in [1.54, 1.807) is 12.1 Å². The second-order valence-corrected chi connectivity index (χ2v) is 4.94. The molecule has 0 saturated heterocycles. The number of halogens is 1. The minimum atomic E-state index is -4.94. The van der Waals surface area contributed by atoms with Crippen LogP contribution in [0, 0.1) is 17.2 Å². The molecule has 0 saturated carbocycles. The number of hydrogen-bond donors (Lipinski definition) is 2. The molecule has 8 nitrogen and oxygen atoms in total. The fourth-order valence-corrected chi connectivity index (χ4v) is 1.53. The molecule has 2 rings (SSSR count). The smallest absolute Gasteiger partial charge is 0.377 e. The van der Waals surface area contributed by atoms with Crippen LogP contribution in [0.15, 0.2) is 40.8 Å². The first kappa shape index (κ1) is 17.8. The molecule has 22 heavy (non-hydrogen) atoms. The van der Waals surface area contributed by atoms with Crippen LogP contribution in [0.25, 0.3) is 11.3 Å². The van der Waals surface area contributed by atoms with E-state index in [0.29, 0.717) is 5.76 Å². The number of nitrogens with two attached hydrogens (primary N) is 2. The van der Waals surface area contributed by atoms with E-state index in [4.69, 9.17) is 34.2 Å². The van der Waals surface area contributed by atoms with E-state index in [2.05, 4.69) is 0 Å². The van der Waals surface area contributed by atoms with Gasteiger partial charge in [-0.1, -0.05) is 29.8 Å². The summed E-state index contributed by atoms with van der Waals surface area (Å²) in [6, 6.07) is 11.1. The Hall–Kier alpha value is -2.23. The van der Waals surface area contributed by atoms with E-state index in [0.717, 1.165) is 11.1 Å². The van der Waals surface area contributed by atoms with Crippen LogP contribution in [-0.4, -0.2) is 5.91 Å². The van der Waals surface area contributed by atoms with Gasteiger partial charge >= 0.3 is 5.55 Å². The lowest BCUT2D eigenvalue weighted by Crippen LogP contribution is -2.68. The number of amides is 1. The van der Waals surface area contributed by atoms with Gasteiger partial charge in [0.25, 0.3) is 5.91 Å². The van der Waals surface area contributed by atoms with Gasteiger partial charge in [0.05, 0.1) is 0 Å². The topological polar surface area (TPSA) is 174 Å². The molecule has 0 unspecified atom stereocenters. The monoisotopic (exact) mass is 328 g/mol. The predicted octanol–water partition coefficient (Wildman–Crippen LogP) is -4.74. The van der Waals surface area contributed by atoms with Crippen LogP contribution in [0.2, 0.25) is 0 Å². The van der Waals surface area contributed by atoms with Gasteiger partial charge in [-0.25, -0.2) is 24.0 Å².